The first kappa shape index (κ1) is 14.7. The van der Waals surface area contributed by atoms with Crippen molar-refractivity contribution in [2.24, 2.45) is 0 Å². The van der Waals surface area contributed by atoms with E-state index in [0.717, 1.165) is 33.5 Å². The quantitative estimate of drug-likeness (QED) is 0.470. The summed E-state index contributed by atoms with van der Waals surface area (Å²) >= 11 is 0. The highest BCUT2D eigenvalue weighted by molar-refractivity contribution is 5.92. The number of fused-ring (bicyclic) bond motifs is 1. The summed E-state index contributed by atoms with van der Waals surface area (Å²) in [5.74, 6) is 0. The molecule has 124 valence electrons. The standard InChI is InChI=1S/C22H16N4/c1-2-6-15(7-3-1)16-8-4-9-17(12-16)18-13-19-21(20-10-5-11-23-20)25-26-22(19)24-14-18/h1-14,23H,(H,24,25,26). The van der Waals surface area contributed by atoms with Crippen molar-refractivity contribution in [1.82, 2.24) is 20.2 Å². The fourth-order valence-corrected chi connectivity index (χ4v) is 3.26. The van der Waals surface area contributed by atoms with Gasteiger partial charge in [-0.3, -0.25) is 5.10 Å². The van der Waals surface area contributed by atoms with Gasteiger partial charge in [-0.15, -0.1) is 0 Å². The number of H-pyrrole nitrogens is 2. The first-order valence-electron chi connectivity index (χ1n) is 8.52. The molecule has 0 spiro atoms. The van der Waals surface area contributed by atoms with E-state index in [1.54, 1.807) is 0 Å². The summed E-state index contributed by atoms with van der Waals surface area (Å²) in [7, 11) is 0. The zero-order chi connectivity index (χ0) is 17.3. The van der Waals surface area contributed by atoms with Crippen LogP contribution in [-0.2, 0) is 0 Å². The lowest BCUT2D eigenvalue weighted by molar-refractivity contribution is 1.10. The Morgan fingerprint density at radius 2 is 1.50 bits per heavy atom. The smallest absolute Gasteiger partial charge is 0.181 e. The highest BCUT2D eigenvalue weighted by Crippen LogP contribution is 2.30. The molecule has 0 aliphatic rings. The van der Waals surface area contributed by atoms with Gasteiger partial charge in [-0.1, -0.05) is 48.5 Å². The van der Waals surface area contributed by atoms with E-state index in [1.165, 1.54) is 11.1 Å². The fourth-order valence-electron chi connectivity index (χ4n) is 3.26. The largest absolute Gasteiger partial charge is 0.360 e. The van der Waals surface area contributed by atoms with Crippen LogP contribution in [-0.4, -0.2) is 20.2 Å². The Kier molecular flexibility index (Phi) is 3.39. The number of hydrogen-bond donors (Lipinski definition) is 2. The molecule has 4 heteroatoms. The molecule has 5 aromatic rings. The van der Waals surface area contributed by atoms with Gasteiger partial charge in [-0.2, -0.15) is 5.10 Å². The number of aromatic amines is 2. The molecule has 0 amide bonds. The number of hydrogen-bond acceptors (Lipinski definition) is 2. The highest BCUT2D eigenvalue weighted by Gasteiger charge is 2.11. The zero-order valence-electron chi connectivity index (χ0n) is 14.0. The van der Waals surface area contributed by atoms with E-state index in [0.29, 0.717) is 0 Å². The number of aromatic nitrogens is 4. The summed E-state index contributed by atoms with van der Waals surface area (Å²) in [5, 5.41) is 8.42. The lowest BCUT2D eigenvalue weighted by Gasteiger charge is -2.06. The van der Waals surface area contributed by atoms with Crippen LogP contribution >= 0.6 is 0 Å². The number of rotatable bonds is 3. The van der Waals surface area contributed by atoms with Crippen molar-refractivity contribution in [2.45, 2.75) is 0 Å². The Bertz CT molecular complexity index is 1170. The normalized spacial score (nSPS) is 11.1. The van der Waals surface area contributed by atoms with Gasteiger partial charge in [-0.05, 0) is 41.0 Å². The molecule has 2 aromatic carbocycles. The average Bonchev–Trinajstić information content (AvgIpc) is 3.38. The molecule has 0 atom stereocenters. The maximum atomic E-state index is 4.53. The molecule has 0 aliphatic heterocycles. The van der Waals surface area contributed by atoms with Crippen molar-refractivity contribution < 1.29 is 0 Å². The van der Waals surface area contributed by atoms with Crippen LogP contribution < -0.4 is 0 Å². The zero-order valence-corrected chi connectivity index (χ0v) is 14.0. The van der Waals surface area contributed by atoms with Crippen LogP contribution in [0.2, 0.25) is 0 Å². The molecule has 26 heavy (non-hydrogen) atoms. The molecule has 5 rings (SSSR count). The van der Waals surface area contributed by atoms with Crippen LogP contribution in [0.25, 0.3) is 44.7 Å². The number of nitrogens with zero attached hydrogens (tertiary/aromatic N) is 2. The van der Waals surface area contributed by atoms with Gasteiger partial charge in [0.2, 0.25) is 0 Å². The van der Waals surface area contributed by atoms with Crippen LogP contribution in [0.4, 0.5) is 0 Å². The van der Waals surface area contributed by atoms with Crippen LogP contribution in [0, 0.1) is 0 Å². The molecule has 4 nitrogen and oxygen atoms in total. The Morgan fingerprint density at radius 3 is 2.31 bits per heavy atom. The van der Waals surface area contributed by atoms with Gasteiger partial charge in [0.05, 0.1) is 11.4 Å². The topological polar surface area (TPSA) is 57.4 Å². The van der Waals surface area contributed by atoms with Gasteiger partial charge < -0.3 is 4.98 Å². The van der Waals surface area contributed by atoms with Gasteiger partial charge in [-0.25, -0.2) is 4.98 Å². The lowest BCUT2D eigenvalue weighted by Crippen LogP contribution is -1.84. The molecule has 0 aliphatic carbocycles. The molecule has 0 saturated carbocycles. The minimum absolute atomic E-state index is 0.720. The Balaban J connectivity index is 1.62. The summed E-state index contributed by atoms with van der Waals surface area (Å²) in [6.45, 7) is 0. The maximum Gasteiger partial charge on any atom is 0.181 e. The van der Waals surface area contributed by atoms with E-state index < -0.39 is 0 Å². The molecular weight excluding hydrogens is 320 g/mol. The third-order valence-electron chi connectivity index (χ3n) is 4.58. The summed E-state index contributed by atoms with van der Waals surface area (Å²) < 4.78 is 0. The van der Waals surface area contributed by atoms with Crippen LogP contribution in [0.15, 0.2) is 85.2 Å². The van der Waals surface area contributed by atoms with Gasteiger partial charge >= 0.3 is 0 Å². The molecule has 0 bridgehead atoms. The number of benzene rings is 2. The van der Waals surface area contributed by atoms with Crippen LogP contribution in [0.5, 0.6) is 0 Å². The second kappa shape index (κ2) is 6.01. The minimum Gasteiger partial charge on any atom is -0.360 e. The van der Waals surface area contributed by atoms with E-state index >= 15 is 0 Å². The van der Waals surface area contributed by atoms with Crippen molar-refractivity contribution in [2.75, 3.05) is 0 Å². The average molecular weight is 336 g/mol. The third-order valence-corrected chi connectivity index (χ3v) is 4.58. The van der Waals surface area contributed by atoms with Crippen LogP contribution in [0.3, 0.4) is 0 Å². The summed E-state index contributed by atoms with van der Waals surface area (Å²) in [6.07, 6.45) is 3.79. The highest BCUT2D eigenvalue weighted by atomic mass is 15.2. The molecule has 2 N–H and O–H groups in total. The molecule has 0 fully saturated rings. The number of nitrogens with one attached hydrogen (secondary N) is 2. The molecular formula is C22H16N4. The van der Waals surface area contributed by atoms with Crippen molar-refractivity contribution in [1.29, 1.82) is 0 Å². The van der Waals surface area contributed by atoms with E-state index in [2.05, 4.69) is 74.8 Å². The van der Waals surface area contributed by atoms with Gasteiger partial charge in [0.25, 0.3) is 0 Å². The Morgan fingerprint density at radius 1 is 0.692 bits per heavy atom. The van der Waals surface area contributed by atoms with E-state index in [4.69, 9.17) is 0 Å². The first-order valence-corrected chi connectivity index (χ1v) is 8.52. The molecule has 3 heterocycles. The second-order valence-electron chi connectivity index (χ2n) is 6.22. The Labute approximate surface area is 150 Å². The monoisotopic (exact) mass is 336 g/mol. The second-order valence-corrected chi connectivity index (χ2v) is 6.22. The lowest BCUT2D eigenvalue weighted by atomic mass is 9.99. The van der Waals surface area contributed by atoms with Crippen molar-refractivity contribution in [3.63, 3.8) is 0 Å². The molecule has 0 saturated heterocycles. The van der Waals surface area contributed by atoms with Crippen LogP contribution in [0.1, 0.15) is 0 Å². The van der Waals surface area contributed by atoms with Crippen molar-refractivity contribution >= 4 is 11.0 Å². The van der Waals surface area contributed by atoms with Gasteiger partial charge in [0.15, 0.2) is 5.65 Å². The predicted octanol–water partition coefficient (Wildman–Crippen LogP) is 5.29. The summed E-state index contributed by atoms with van der Waals surface area (Å²) in [5.41, 5.74) is 7.29. The maximum absolute atomic E-state index is 4.53. The molecule has 0 radical (unpaired) electrons. The van der Waals surface area contributed by atoms with Crippen molar-refractivity contribution in [3.05, 3.63) is 85.2 Å². The third kappa shape index (κ3) is 2.48. The Hall–Kier alpha value is -3.66. The summed E-state index contributed by atoms with van der Waals surface area (Å²) in [4.78, 5) is 7.76. The SMILES string of the molecule is c1ccc(-c2cccc(-c3cnc4n[nH]c(-c5ccc[nH]5)c4c3)c2)cc1. The van der Waals surface area contributed by atoms with Gasteiger partial charge in [0.1, 0.15) is 0 Å². The van der Waals surface area contributed by atoms with E-state index in [9.17, 15) is 0 Å². The first-order chi connectivity index (χ1) is 12.9. The summed E-state index contributed by atoms with van der Waals surface area (Å²) in [6, 6.07) is 25.1. The predicted molar refractivity (Wildman–Crippen MR) is 105 cm³/mol. The van der Waals surface area contributed by atoms with Crippen molar-refractivity contribution in [3.8, 4) is 33.6 Å². The molecule has 0 unspecified atom stereocenters. The van der Waals surface area contributed by atoms with E-state index in [1.807, 2.05) is 30.6 Å². The van der Waals surface area contributed by atoms with E-state index in [-0.39, 0.29) is 0 Å². The fraction of sp³-hybridized carbons (Fsp3) is 0. The van der Waals surface area contributed by atoms with Gasteiger partial charge in [0, 0.05) is 23.3 Å². The molecule has 3 aromatic heterocycles. The number of pyridine rings is 1. The minimum atomic E-state index is 0.720.